The van der Waals surface area contributed by atoms with E-state index < -0.39 is 0 Å². The zero-order valence-corrected chi connectivity index (χ0v) is 11.2. The topological polar surface area (TPSA) is 49.3 Å². The lowest BCUT2D eigenvalue weighted by Crippen LogP contribution is -2.37. The number of hydrogen-bond acceptors (Lipinski definition) is 2. The highest BCUT2D eigenvalue weighted by atomic mass is 35.5. The van der Waals surface area contributed by atoms with Crippen LogP contribution in [0.2, 0.25) is 5.02 Å². The van der Waals surface area contributed by atoms with Gasteiger partial charge in [0.25, 0.3) is 5.91 Å². The van der Waals surface area contributed by atoms with Crippen molar-refractivity contribution in [3.63, 3.8) is 0 Å². The van der Waals surface area contributed by atoms with Crippen LogP contribution in [0.4, 0.5) is 0 Å². The molecule has 1 unspecified atom stereocenters. The van der Waals surface area contributed by atoms with Gasteiger partial charge in [0.15, 0.2) is 0 Å². The van der Waals surface area contributed by atoms with Crippen LogP contribution in [0.15, 0.2) is 18.2 Å². The summed E-state index contributed by atoms with van der Waals surface area (Å²) in [6.45, 7) is 2.03. The van der Waals surface area contributed by atoms with Gasteiger partial charge in [0.2, 0.25) is 0 Å². The van der Waals surface area contributed by atoms with Crippen LogP contribution in [0, 0.1) is 5.92 Å². The summed E-state index contributed by atoms with van der Waals surface area (Å²) in [6.07, 6.45) is 4.85. The first-order chi connectivity index (χ1) is 8.58. The summed E-state index contributed by atoms with van der Waals surface area (Å²) in [4.78, 5) is 12.1. The number of carbonyl (C=O) groups excluding carboxylic acids is 1. The Balaban J connectivity index is 2.04. The Labute approximate surface area is 112 Å². The van der Waals surface area contributed by atoms with Crippen molar-refractivity contribution in [1.29, 1.82) is 0 Å². The number of carbonyl (C=O) groups is 1. The molecule has 0 aliphatic heterocycles. The molecule has 2 rings (SSSR count). The van der Waals surface area contributed by atoms with Gasteiger partial charge in [-0.15, -0.1) is 0 Å². The Hall–Kier alpha value is -1.22. The molecule has 1 aromatic carbocycles. The van der Waals surface area contributed by atoms with E-state index in [1.165, 1.54) is 43.9 Å². The summed E-state index contributed by atoms with van der Waals surface area (Å²) in [7, 11) is 0. The molecule has 0 heterocycles. The molecule has 1 aromatic rings. The van der Waals surface area contributed by atoms with Crippen molar-refractivity contribution in [3.05, 3.63) is 28.8 Å². The third-order valence-corrected chi connectivity index (χ3v) is 3.99. The SMILES string of the molecule is CC(NC(=O)c1cc(O)ccc1Cl)C1CCCC1. The molecule has 1 atom stereocenters. The molecule has 0 bridgehead atoms. The van der Waals surface area contributed by atoms with Crippen molar-refractivity contribution in [2.75, 3.05) is 0 Å². The molecule has 3 nitrogen and oxygen atoms in total. The molecule has 0 radical (unpaired) electrons. The molecule has 1 aliphatic rings. The van der Waals surface area contributed by atoms with Gasteiger partial charge in [-0.1, -0.05) is 24.4 Å². The maximum atomic E-state index is 12.1. The van der Waals surface area contributed by atoms with E-state index in [0.717, 1.165) is 0 Å². The number of phenols is 1. The van der Waals surface area contributed by atoms with Crippen molar-refractivity contribution in [3.8, 4) is 5.75 Å². The summed E-state index contributed by atoms with van der Waals surface area (Å²) in [5, 5.41) is 12.7. The Morgan fingerprint density at radius 2 is 2.11 bits per heavy atom. The highest BCUT2D eigenvalue weighted by molar-refractivity contribution is 6.33. The zero-order chi connectivity index (χ0) is 13.1. The van der Waals surface area contributed by atoms with E-state index in [0.29, 0.717) is 16.5 Å². The summed E-state index contributed by atoms with van der Waals surface area (Å²) >= 11 is 5.96. The summed E-state index contributed by atoms with van der Waals surface area (Å²) in [6, 6.07) is 4.56. The molecule has 1 saturated carbocycles. The molecule has 18 heavy (non-hydrogen) atoms. The van der Waals surface area contributed by atoms with E-state index in [4.69, 9.17) is 11.6 Å². The second-order valence-electron chi connectivity index (χ2n) is 4.97. The highest BCUT2D eigenvalue weighted by Gasteiger charge is 2.23. The monoisotopic (exact) mass is 267 g/mol. The maximum absolute atomic E-state index is 12.1. The predicted octanol–water partition coefficient (Wildman–Crippen LogP) is 3.35. The van der Waals surface area contributed by atoms with Gasteiger partial charge in [-0.2, -0.15) is 0 Å². The molecular formula is C14H18ClNO2. The standard InChI is InChI=1S/C14H18ClNO2/c1-9(10-4-2-3-5-10)16-14(18)12-8-11(17)6-7-13(12)15/h6-10,17H,2-5H2,1H3,(H,16,18). The number of benzene rings is 1. The summed E-state index contributed by atoms with van der Waals surface area (Å²) < 4.78 is 0. The third kappa shape index (κ3) is 2.96. The van der Waals surface area contributed by atoms with Gasteiger partial charge >= 0.3 is 0 Å². The van der Waals surface area contributed by atoms with Crippen LogP contribution >= 0.6 is 11.6 Å². The van der Waals surface area contributed by atoms with Crippen molar-refractivity contribution in [2.45, 2.75) is 38.6 Å². The Kier molecular flexibility index (Phi) is 4.12. The van der Waals surface area contributed by atoms with E-state index in [1.807, 2.05) is 6.92 Å². The van der Waals surface area contributed by atoms with Gasteiger partial charge in [-0.05, 0) is 43.9 Å². The minimum atomic E-state index is -0.213. The fraction of sp³-hybridized carbons (Fsp3) is 0.500. The van der Waals surface area contributed by atoms with Gasteiger partial charge < -0.3 is 10.4 Å². The lowest BCUT2D eigenvalue weighted by atomic mass is 9.99. The van der Waals surface area contributed by atoms with Gasteiger partial charge in [0.1, 0.15) is 5.75 Å². The van der Waals surface area contributed by atoms with E-state index >= 15 is 0 Å². The van der Waals surface area contributed by atoms with E-state index in [1.54, 1.807) is 0 Å². The van der Waals surface area contributed by atoms with E-state index in [2.05, 4.69) is 5.32 Å². The van der Waals surface area contributed by atoms with E-state index in [9.17, 15) is 9.90 Å². The predicted molar refractivity (Wildman–Crippen MR) is 72.0 cm³/mol. The van der Waals surface area contributed by atoms with Crippen LogP contribution in [0.5, 0.6) is 5.75 Å². The van der Waals surface area contributed by atoms with Gasteiger partial charge in [0.05, 0.1) is 10.6 Å². The fourth-order valence-electron chi connectivity index (χ4n) is 2.55. The highest BCUT2D eigenvalue weighted by Crippen LogP contribution is 2.28. The van der Waals surface area contributed by atoms with Crippen LogP contribution in [-0.4, -0.2) is 17.1 Å². The third-order valence-electron chi connectivity index (χ3n) is 3.66. The lowest BCUT2D eigenvalue weighted by molar-refractivity contribution is 0.0927. The van der Waals surface area contributed by atoms with Crippen molar-refractivity contribution in [1.82, 2.24) is 5.32 Å². The van der Waals surface area contributed by atoms with E-state index in [-0.39, 0.29) is 17.7 Å². The number of rotatable bonds is 3. The summed E-state index contributed by atoms with van der Waals surface area (Å²) in [5.41, 5.74) is 0.335. The number of aromatic hydroxyl groups is 1. The Morgan fingerprint density at radius 1 is 1.44 bits per heavy atom. The molecular weight excluding hydrogens is 250 g/mol. The Bertz CT molecular complexity index is 441. The smallest absolute Gasteiger partial charge is 0.253 e. The van der Waals surface area contributed by atoms with Crippen LogP contribution < -0.4 is 5.32 Å². The number of nitrogens with one attached hydrogen (secondary N) is 1. The number of halogens is 1. The molecule has 1 aliphatic carbocycles. The molecule has 98 valence electrons. The molecule has 0 saturated heterocycles. The maximum Gasteiger partial charge on any atom is 0.253 e. The fourth-order valence-corrected chi connectivity index (χ4v) is 2.75. The first-order valence-electron chi connectivity index (χ1n) is 6.37. The normalized spacial score (nSPS) is 17.7. The molecule has 0 spiro atoms. The number of amides is 1. The first-order valence-corrected chi connectivity index (χ1v) is 6.75. The molecule has 2 N–H and O–H groups in total. The van der Waals surface area contributed by atoms with Crippen LogP contribution in [0.25, 0.3) is 0 Å². The lowest BCUT2D eigenvalue weighted by Gasteiger charge is -2.20. The largest absolute Gasteiger partial charge is 0.508 e. The first kappa shape index (κ1) is 13.2. The minimum absolute atomic E-state index is 0.0538. The molecule has 4 heteroatoms. The van der Waals surface area contributed by atoms with Crippen molar-refractivity contribution >= 4 is 17.5 Å². The molecule has 1 amide bonds. The van der Waals surface area contributed by atoms with Crippen molar-refractivity contribution in [2.24, 2.45) is 5.92 Å². The van der Waals surface area contributed by atoms with Crippen LogP contribution in [-0.2, 0) is 0 Å². The molecule has 0 aromatic heterocycles. The quantitative estimate of drug-likeness (QED) is 0.882. The van der Waals surface area contributed by atoms with Crippen LogP contribution in [0.1, 0.15) is 43.0 Å². The van der Waals surface area contributed by atoms with Gasteiger partial charge in [0, 0.05) is 6.04 Å². The number of hydrogen-bond donors (Lipinski definition) is 2. The van der Waals surface area contributed by atoms with Crippen molar-refractivity contribution < 1.29 is 9.90 Å². The van der Waals surface area contributed by atoms with Crippen LogP contribution in [0.3, 0.4) is 0 Å². The Morgan fingerprint density at radius 3 is 2.78 bits per heavy atom. The average Bonchev–Trinajstić information content (AvgIpc) is 2.85. The average molecular weight is 268 g/mol. The second kappa shape index (κ2) is 5.61. The van der Waals surface area contributed by atoms with Gasteiger partial charge in [-0.25, -0.2) is 0 Å². The van der Waals surface area contributed by atoms with Gasteiger partial charge in [-0.3, -0.25) is 4.79 Å². The second-order valence-corrected chi connectivity index (χ2v) is 5.38. The number of phenolic OH excluding ortho intramolecular Hbond substituents is 1. The molecule has 1 fully saturated rings. The summed E-state index contributed by atoms with van der Waals surface area (Å²) in [5.74, 6) is 0.401. The minimum Gasteiger partial charge on any atom is -0.508 e. The zero-order valence-electron chi connectivity index (χ0n) is 10.4.